The zero-order valence-electron chi connectivity index (χ0n) is 9.53. The molecular formula is C11H12F4N2. The Morgan fingerprint density at radius 3 is 2.00 bits per heavy atom. The van der Waals surface area contributed by atoms with Gasteiger partial charge in [0.15, 0.2) is 0 Å². The minimum absolute atomic E-state index is 0.104. The van der Waals surface area contributed by atoms with Gasteiger partial charge in [0.25, 0.3) is 11.9 Å². The second-order valence-corrected chi connectivity index (χ2v) is 3.64. The zero-order valence-corrected chi connectivity index (χ0v) is 9.53. The van der Waals surface area contributed by atoms with Crippen molar-refractivity contribution < 1.29 is 17.6 Å². The Morgan fingerprint density at radius 1 is 1.18 bits per heavy atom. The van der Waals surface area contributed by atoms with Crippen molar-refractivity contribution in [2.45, 2.75) is 13.8 Å². The highest BCUT2D eigenvalue weighted by molar-refractivity contribution is 5.49. The summed E-state index contributed by atoms with van der Waals surface area (Å²) in [5, 5.41) is 0. The van der Waals surface area contributed by atoms with Crippen LogP contribution in [-0.4, -0.2) is 18.1 Å². The molecule has 0 bridgehead atoms. The van der Waals surface area contributed by atoms with Gasteiger partial charge in [-0.1, -0.05) is 12.2 Å². The topological polar surface area (TPSA) is 16.1 Å². The average Bonchev–Trinajstić information content (AvgIpc) is 2.24. The van der Waals surface area contributed by atoms with Gasteiger partial charge in [-0.15, -0.1) is 0 Å². The van der Waals surface area contributed by atoms with Gasteiger partial charge in [0.1, 0.15) is 5.69 Å². The molecule has 0 aromatic carbocycles. The molecule has 1 heterocycles. The Balaban J connectivity index is 3.31. The largest absolute Gasteiger partial charge is 0.363 e. The molecule has 0 radical (unpaired) electrons. The van der Waals surface area contributed by atoms with Crippen LogP contribution in [0, 0.1) is 23.5 Å². The molecule has 1 rings (SSSR count). The number of anilines is 1. The number of halogens is 4. The maximum atomic E-state index is 13.4. The third-order valence-electron chi connectivity index (χ3n) is 2.13. The van der Waals surface area contributed by atoms with E-state index in [-0.39, 0.29) is 13.1 Å². The minimum Gasteiger partial charge on any atom is -0.363 e. The molecule has 1 aromatic rings. The molecule has 94 valence electrons. The number of hydrogen-bond donors (Lipinski definition) is 0. The molecule has 6 heteroatoms. The molecule has 0 N–H and O–H groups in total. The van der Waals surface area contributed by atoms with Crippen LogP contribution in [0.5, 0.6) is 0 Å². The van der Waals surface area contributed by atoms with Crippen LogP contribution in [0.25, 0.3) is 0 Å². The fourth-order valence-electron chi connectivity index (χ4n) is 1.43. The van der Waals surface area contributed by atoms with Gasteiger partial charge in [-0.2, -0.15) is 22.5 Å². The molecule has 0 unspecified atom stereocenters. The van der Waals surface area contributed by atoms with Gasteiger partial charge in [0, 0.05) is 13.1 Å². The van der Waals surface area contributed by atoms with E-state index in [1.165, 1.54) is 0 Å². The minimum atomic E-state index is -1.65. The predicted molar refractivity (Wildman–Crippen MR) is 56.8 cm³/mol. The molecule has 0 aliphatic rings. The van der Waals surface area contributed by atoms with Crippen molar-refractivity contribution in [1.82, 2.24) is 4.98 Å². The lowest BCUT2D eigenvalue weighted by molar-refractivity contribution is 0.406. The van der Waals surface area contributed by atoms with Crippen LogP contribution in [0.2, 0.25) is 0 Å². The Hall–Kier alpha value is -1.59. The number of aromatic nitrogens is 1. The molecule has 0 saturated carbocycles. The number of nitrogens with zero attached hydrogens (tertiary/aromatic N) is 2. The Labute approximate surface area is 96.6 Å². The second-order valence-electron chi connectivity index (χ2n) is 3.64. The summed E-state index contributed by atoms with van der Waals surface area (Å²) in [7, 11) is 0. The van der Waals surface area contributed by atoms with E-state index < -0.39 is 29.2 Å². The molecule has 0 aliphatic carbocycles. The predicted octanol–water partition coefficient (Wildman–Crippen LogP) is 3.04. The summed E-state index contributed by atoms with van der Waals surface area (Å²) in [4.78, 5) is 3.65. The molecule has 0 spiro atoms. The summed E-state index contributed by atoms with van der Waals surface area (Å²) in [5.74, 6) is -6.29. The van der Waals surface area contributed by atoms with Gasteiger partial charge in [0.05, 0.1) is 0 Å². The lowest BCUT2D eigenvalue weighted by atomic mass is 10.2. The smallest absolute Gasteiger partial charge is 0.253 e. The normalized spacial score (nSPS) is 10.5. The maximum Gasteiger partial charge on any atom is 0.253 e. The molecule has 0 fully saturated rings. The summed E-state index contributed by atoms with van der Waals surface area (Å²) in [6.45, 7) is 7.13. The van der Waals surface area contributed by atoms with Gasteiger partial charge in [0.2, 0.25) is 11.6 Å². The Morgan fingerprint density at radius 2 is 1.65 bits per heavy atom. The van der Waals surface area contributed by atoms with Crippen molar-refractivity contribution >= 4 is 5.69 Å². The van der Waals surface area contributed by atoms with E-state index in [0.717, 1.165) is 4.90 Å². The van der Waals surface area contributed by atoms with Crippen molar-refractivity contribution in [3.05, 3.63) is 35.7 Å². The monoisotopic (exact) mass is 248 g/mol. The first-order valence-corrected chi connectivity index (χ1v) is 4.97. The fourth-order valence-corrected chi connectivity index (χ4v) is 1.43. The van der Waals surface area contributed by atoms with Crippen LogP contribution in [-0.2, 0) is 0 Å². The third-order valence-corrected chi connectivity index (χ3v) is 2.13. The van der Waals surface area contributed by atoms with Crippen molar-refractivity contribution in [3.63, 3.8) is 0 Å². The van der Waals surface area contributed by atoms with Crippen LogP contribution in [0.4, 0.5) is 23.2 Å². The highest BCUT2D eigenvalue weighted by Crippen LogP contribution is 2.26. The number of hydrogen-bond acceptors (Lipinski definition) is 2. The maximum absolute atomic E-state index is 13.4. The van der Waals surface area contributed by atoms with Crippen molar-refractivity contribution in [1.29, 1.82) is 0 Å². The third kappa shape index (κ3) is 2.75. The summed E-state index contributed by atoms with van der Waals surface area (Å²) < 4.78 is 52.7. The van der Waals surface area contributed by atoms with Crippen LogP contribution >= 0.6 is 0 Å². The lowest BCUT2D eigenvalue weighted by Gasteiger charge is -2.24. The van der Waals surface area contributed by atoms with E-state index in [4.69, 9.17) is 0 Å². The number of rotatable bonds is 4. The first kappa shape index (κ1) is 13.5. The van der Waals surface area contributed by atoms with Crippen LogP contribution in [0.15, 0.2) is 12.2 Å². The van der Waals surface area contributed by atoms with Crippen LogP contribution in [0.1, 0.15) is 13.8 Å². The standard InChI is InChI=1S/C11H12F4N2/c1-4-17(5-6(2)3)9-7(12)10(14)16-11(15)8(9)13/h2,4-5H2,1,3H3. The van der Waals surface area contributed by atoms with E-state index in [1.807, 2.05) is 0 Å². The SMILES string of the molecule is C=C(C)CN(CC)c1c(F)c(F)nc(F)c1F. The Kier molecular flexibility index (Phi) is 4.09. The summed E-state index contributed by atoms with van der Waals surface area (Å²) in [6, 6.07) is 0. The van der Waals surface area contributed by atoms with E-state index in [2.05, 4.69) is 11.6 Å². The molecule has 0 saturated heterocycles. The molecule has 17 heavy (non-hydrogen) atoms. The van der Waals surface area contributed by atoms with Crippen molar-refractivity contribution in [2.24, 2.45) is 0 Å². The van der Waals surface area contributed by atoms with Crippen molar-refractivity contribution in [2.75, 3.05) is 18.0 Å². The van der Waals surface area contributed by atoms with E-state index >= 15 is 0 Å². The summed E-state index contributed by atoms with van der Waals surface area (Å²) in [6.07, 6.45) is 0. The van der Waals surface area contributed by atoms with Crippen LogP contribution < -0.4 is 4.90 Å². The highest BCUT2D eigenvalue weighted by Gasteiger charge is 2.24. The first-order valence-electron chi connectivity index (χ1n) is 4.97. The molecule has 0 atom stereocenters. The molecule has 1 aromatic heterocycles. The van der Waals surface area contributed by atoms with Gasteiger partial charge in [-0.3, -0.25) is 0 Å². The van der Waals surface area contributed by atoms with Gasteiger partial charge >= 0.3 is 0 Å². The van der Waals surface area contributed by atoms with Gasteiger partial charge < -0.3 is 4.90 Å². The van der Waals surface area contributed by atoms with E-state index in [9.17, 15) is 17.6 Å². The highest BCUT2D eigenvalue weighted by atomic mass is 19.2. The Bertz CT molecular complexity index is 419. The van der Waals surface area contributed by atoms with Crippen LogP contribution in [0.3, 0.4) is 0 Å². The summed E-state index contributed by atoms with van der Waals surface area (Å²) in [5.41, 5.74) is -0.135. The zero-order chi connectivity index (χ0) is 13.2. The number of pyridine rings is 1. The summed E-state index contributed by atoms with van der Waals surface area (Å²) >= 11 is 0. The first-order chi connectivity index (χ1) is 7.88. The van der Waals surface area contributed by atoms with Gasteiger partial charge in [-0.05, 0) is 13.8 Å². The lowest BCUT2D eigenvalue weighted by Crippen LogP contribution is -2.27. The van der Waals surface area contributed by atoms with Crippen molar-refractivity contribution in [3.8, 4) is 0 Å². The average molecular weight is 248 g/mol. The second kappa shape index (κ2) is 5.16. The van der Waals surface area contributed by atoms with Gasteiger partial charge in [-0.25, -0.2) is 0 Å². The fraction of sp³-hybridized carbons (Fsp3) is 0.364. The molecule has 0 aliphatic heterocycles. The molecule has 0 amide bonds. The molecule has 2 nitrogen and oxygen atoms in total. The quantitative estimate of drug-likeness (QED) is 0.462. The van der Waals surface area contributed by atoms with E-state index in [0.29, 0.717) is 5.57 Å². The number of likely N-dealkylation sites (N-methyl/N-ethyl adjacent to an activating group) is 1. The van der Waals surface area contributed by atoms with E-state index in [1.54, 1.807) is 13.8 Å². The molecular weight excluding hydrogens is 236 g/mol.